The Morgan fingerprint density at radius 2 is 1.15 bits per heavy atom. The molecule has 0 amide bonds. The highest BCUT2D eigenvalue weighted by molar-refractivity contribution is 7.81. The first-order chi connectivity index (χ1) is 22.3. The summed E-state index contributed by atoms with van der Waals surface area (Å²) in [5.41, 5.74) is 6.49. The maximum Gasteiger partial charge on any atom is 0.127 e. The average Bonchev–Trinajstić information content (AvgIpc) is 3.05. The van der Waals surface area contributed by atoms with E-state index in [1.54, 1.807) is 0 Å². The summed E-state index contributed by atoms with van der Waals surface area (Å²) in [5, 5.41) is 5.59. The molecular weight excluding hydrogens is 606 g/mol. The molecule has 0 heterocycles. The highest BCUT2D eigenvalue weighted by atomic mass is 31.1. The smallest absolute Gasteiger partial charge is 0.127 e. The van der Waals surface area contributed by atoms with E-state index in [9.17, 15) is 0 Å². The van der Waals surface area contributed by atoms with Gasteiger partial charge in [0.15, 0.2) is 0 Å². The Bertz CT molecular complexity index is 1730. The summed E-state index contributed by atoms with van der Waals surface area (Å²) in [6, 6.07) is 44.7. The highest BCUT2D eigenvalue weighted by Gasteiger charge is 2.36. The molecule has 5 aromatic rings. The molecule has 0 radical (unpaired) electrons. The van der Waals surface area contributed by atoms with E-state index in [4.69, 9.17) is 4.74 Å². The van der Waals surface area contributed by atoms with Gasteiger partial charge in [-0.1, -0.05) is 185 Å². The fourth-order valence-corrected chi connectivity index (χ4v) is 10.6. The van der Waals surface area contributed by atoms with Crippen LogP contribution in [0.1, 0.15) is 89.6 Å². The highest BCUT2D eigenvalue weighted by Crippen LogP contribution is 2.52. The third-order valence-electron chi connectivity index (χ3n) is 9.21. The van der Waals surface area contributed by atoms with Crippen molar-refractivity contribution in [1.82, 2.24) is 0 Å². The monoisotopic (exact) mass is 658 g/mol. The maximum atomic E-state index is 6.99. The first kappa shape index (κ1) is 35.1. The van der Waals surface area contributed by atoms with Gasteiger partial charge in [0.2, 0.25) is 0 Å². The Morgan fingerprint density at radius 3 is 1.66 bits per heavy atom. The molecule has 5 rings (SSSR count). The first-order valence-electron chi connectivity index (χ1n) is 17.0. The molecule has 2 atom stereocenters. The molecule has 3 heteroatoms. The van der Waals surface area contributed by atoms with Crippen LogP contribution in [0.3, 0.4) is 0 Å². The van der Waals surface area contributed by atoms with Crippen LogP contribution < -0.4 is 26.0 Å². The Balaban J connectivity index is 1.72. The summed E-state index contributed by atoms with van der Waals surface area (Å²) in [4.78, 5) is 0. The van der Waals surface area contributed by atoms with Crippen molar-refractivity contribution in [3.63, 3.8) is 0 Å². The molecule has 0 aliphatic heterocycles. The number of ether oxygens (including phenoxy) is 1. The summed E-state index contributed by atoms with van der Waals surface area (Å²) in [6.45, 7) is 21.7. The molecule has 47 heavy (non-hydrogen) atoms. The zero-order valence-corrected chi connectivity index (χ0v) is 31.7. The van der Waals surface area contributed by atoms with Gasteiger partial charge < -0.3 is 4.74 Å². The van der Waals surface area contributed by atoms with Crippen LogP contribution in [0.25, 0.3) is 0 Å². The van der Waals surface area contributed by atoms with Gasteiger partial charge in [-0.2, -0.15) is 0 Å². The van der Waals surface area contributed by atoms with Gasteiger partial charge in [0.1, 0.15) is 12.4 Å². The molecule has 0 aliphatic carbocycles. The zero-order valence-electron chi connectivity index (χ0n) is 29.8. The molecule has 0 bridgehead atoms. The molecule has 0 fully saturated rings. The lowest BCUT2D eigenvalue weighted by Crippen LogP contribution is -2.33. The minimum atomic E-state index is -0.728. The largest absolute Gasteiger partial charge is 0.488 e. The van der Waals surface area contributed by atoms with Crippen molar-refractivity contribution in [2.75, 3.05) is 0 Å². The Morgan fingerprint density at radius 1 is 0.617 bits per heavy atom. The minimum absolute atomic E-state index is 0.00718. The summed E-state index contributed by atoms with van der Waals surface area (Å²) < 4.78 is 6.99. The van der Waals surface area contributed by atoms with Gasteiger partial charge in [-0.25, -0.2) is 0 Å². The van der Waals surface area contributed by atoms with Crippen LogP contribution in [0.15, 0.2) is 121 Å². The van der Waals surface area contributed by atoms with E-state index in [0.29, 0.717) is 15.2 Å². The van der Waals surface area contributed by atoms with E-state index in [0.717, 1.165) is 12.2 Å². The normalized spacial score (nSPS) is 13.7. The van der Waals surface area contributed by atoms with Gasteiger partial charge in [0.25, 0.3) is 0 Å². The molecule has 244 valence electrons. The van der Waals surface area contributed by atoms with E-state index >= 15 is 0 Å². The molecule has 5 aromatic carbocycles. The van der Waals surface area contributed by atoms with Crippen molar-refractivity contribution in [1.29, 1.82) is 0 Å². The van der Waals surface area contributed by atoms with Crippen LogP contribution >= 0.6 is 16.5 Å². The maximum absolute atomic E-state index is 6.99. The SMILES string of the molecule is CCC(C)(Pc1c(C)cccc1P(c1ccccc1)c1ccccc1)c1cc(C(C)(C)C)cc(C(C)(C)C)c1OCc1ccccc1. The van der Waals surface area contributed by atoms with Gasteiger partial charge in [-0.05, 0) is 70.0 Å². The molecule has 2 unspecified atom stereocenters. The van der Waals surface area contributed by atoms with E-state index in [1.807, 2.05) is 0 Å². The van der Waals surface area contributed by atoms with E-state index in [-0.39, 0.29) is 16.0 Å². The average molecular weight is 659 g/mol. The lowest BCUT2D eigenvalue weighted by atomic mass is 9.77. The second-order valence-electron chi connectivity index (χ2n) is 15.0. The van der Waals surface area contributed by atoms with Crippen molar-refractivity contribution < 1.29 is 4.74 Å². The standard InChI is InChI=1S/C44H52OP2/c1-10-44(9,38-30-34(42(3,4)5)29-37(43(6,7)8)40(38)45-31-33-22-14-11-15-23-33)46-41-32(2)21-20-28-39(41)47(35-24-16-12-17-25-35)36-26-18-13-19-27-36/h11-30,46H,10,31H2,1-9H3. The van der Waals surface area contributed by atoms with Gasteiger partial charge >= 0.3 is 0 Å². The summed E-state index contributed by atoms with van der Waals surface area (Å²) in [5.74, 6) is 1.06. The molecular formula is C44H52OP2. The fraction of sp³-hybridized carbons (Fsp3) is 0.318. The predicted octanol–water partition coefficient (Wildman–Crippen LogP) is 10.6. The second kappa shape index (κ2) is 14.5. The number of rotatable bonds is 10. The number of benzene rings is 5. The third kappa shape index (κ3) is 8.08. The lowest BCUT2D eigenvalue weighted by Gasteiger charge is -2.37. The summed E-state index contributed by atoms with van der Waals surface area (Å²) in [7, 11) is -0.159. The Kier molecular flexibility index (Phi) is 10.8. The molecule has 1 nitrogen and oxygen atoms in total. The van der Waals surface area contributed by atoms with E-state index in [2.05, 4.69) is 184 Å². The lowest BCUT2D eigenvalue weighted by molar-refractivity contribution is 0.290. The van der Waals surface area contributed by atoms with Gasteiger partial charge in [0, 0.05) is 16.3 Å². The Hall–Kier alpha value is -3.24. The first-order valence-corrected chi connectivity index (χ1v) is 19.3. The van der Waals surface area contributed by atoms with Gasteiger partial charge in [-0.15, -0.1) is 0 Å². The van der Waals surface area contributed by atoms with E-state index in [1.165, 1.54) is 49.0 Å². The topological polar surface area (TPSA) is 9.23 Å². The van der Waals surface area contributed by atoms with Gasteiger partial charge in [0.05, 0.1) is 0 Å². The number of aryl methyl sites for hydroxylation is 1. The number of hydrogen-bond donors (Lipinski definition) is 0. The third-order valence-corrected chi connectivity index (χ3v) is 14.0. The molecule has 0 spiro atoms. The predicted molar refractivity (Wildman–Crippen MR) is 210 cm³/mol. The van der Waals surface area contributed by atoms with Crippen molar-refractivity contribution in [2.24, 2.45) is 0 Å². The van der Waals surface area contributed by atoms with Crippen LogP contribution in [-0.2, 0) is 22.6 Å². The van der Waals surface area contributed by atoms with Crippen molar-refractivity contribution >= 4 is 37.7 Å². The zero-order chi connectivity index (χ0) is 33.8. The van der Waals surface area contributed by atoms with Crippen molar-refractivity contribution in [3.05, 3.63) is 149 Å². The molecule has 0 saturated carbocycles. The van der Waals surface area contributed by atoms with Crippen molar-refractivity contribution in [2.45, 2.75) is 91.3 Å². The second-order valence-corrected chi connectivity index (χ2v) is 19.0. The van der Waals surface area contributed by atoms with Crippen molar-refractivity contribution in [3.8, 4) is 5.75 Å². The van der Waals surface area contributed by atoms with Crippen LogP contribution in [-0.4, -0.2) is 0 Å². The Labute approximate surface area is 287 Å². The fourth-order valence-electron chi connectivity index (χ4n) is 6.12. The van der Waals surface area contributed by atoms with Crippen LogP contribution in [0.2, 0.25) is 0 Å². The molecule has 0 aliphatic rings. The molecule has 0 saturated heterocycles. The van der Waals surface area contributed by atoms with Crippen LogP contribution in [0.4, 0.5) is 0 Å². The molecule has 0 N–H and O–H groups in total. The minimum Gasteiger partial charge on any atom is -0.488 e. The summed E-state index contributed by atoms with van der Waals surface area (Å²) in [6.07, 6.45) is 1.01. The van der Waals surface area contributed by atoms with E-state index < -0.39 is 7.92 Å². The van der Waals surface area contributed by atoms with Crippen LogP contribution in [0.5, 0.6) is 5.75 Å². The summed E-state index contributed by atoms with van der Waals surface area (Å²) >= 11 is 0. The quantitative estimate of drug-likeness (QED) is 0.136. The van der Waals surface area contributed by atoms with Gasteiger partial charge in [-0.3, -0.25) is 0 Å². The van der Waals surface area contributed by atoms with Crippen LogP contribution in [0, 0.1) is 6.92 Å². The number of hydrogen-bond acceptors (Lipinski definition) is 1. The molecule has 0 aromatic heterocycles.